The molecule has 1 aliphatic rings. The number of nitrogens with zero attached hydrogens (tertiary/aromatic N) is 3. The van der Waals surface area contributed by atoms with Gasteiger partial charge >= 0.3 is 0 Å². The second kappa shape index (κ2) is 2.94. The third-order valence-corrected chi connectivity index (χ3v) is 2.39. The molecule has 14 heavy (non-hydrogen) atoms. The molecule has 0 saturated heterocycles. The summed E-state index contributed by atoms with van der Waals surface area (Å²) in [6.45, 7) is 0. The van der Waals surface area contributed by atoms with Crippen LogP contribution in [0.2, 0.25) is 0 Å². The Balaban J connectivity index is 1.96. The van der Waals surface area contributed by atoms with Gasteiger partial charge in [0.15, 0.2) is 12.2 Å². The lowest BCUT2D eigenvalue weighted by molar-refractivity contribution is 0.636. The predicted molar refractivity (Wildman–Crippen MR) is 52.6 cm³/mol. The van der Waals surface area contributed by atoms with Crippen molar-refractivity contribution in [1.82, 2.24) is 14.8 Å². The summed E-state index contributed by atoms with van der Waals surface area (Å²) in [6, 6.07) is 10.6. The largest absolute Gasteiger partial charge is 0.239 e. The first kappa shape index (κ1) is 7.74. The molecule has 0 aliphatic heterocycles. The fourth-order valence-corrected chi connectivity index (χ4v) is 1.44. The molecular weight excluding hydrogens is 174 g/mol. The van der Waals surface area contributed by atoms with E-state index in [-0.39, 0.29) is 0 Å². The second-order valence-corrected chi connectivity index (χ2v) is 3.58. The maximum absolute atomic E-state index is 4.39. The zero-order valence-corrected chi connectivity index (χ0v) is 7.72. The standard InChI is InChI=1S/C11H10N3/c1-2-4-9(5-3-1)11-12-8-14(13-11)10-6-7-10/h1-5,10H,6-7H2. The molecule has 1 fully saturated rings. The summed E-state index contributed by atoms with van der Waals surface area (Å²) in [6.07, 6.45) is 5.35. The van der Waals surface area contributed by atoms with Crippen molar-refractivity contribution < 1.29 is 0 Å². The quantitative estimate of drug-likeness (QED) is 0.715. The van der Waals surface area contributed by atoms with E-state index < -0.39 is 0 Å². The van der Waals surface area contributed by atoms with Gasteiger partial charge in [0.25, 0.3) is 0 Å². The average molecular weight is 184 g/mol. The molecule has 0 unspecified atom stereocenters. The van der Waals surface area contributed by atoms with E-state index in [1.807, 2.05) is 35.0 Å². The van der Waals surface area contributed by atoms with E-state index in [0.717, 1.165) is 11.4 Å². The molecule has 1 saturated carbocycles. The summed E-state index contributed by atoms with van der Waals surface area (Å²) >= 11 is 0. The summed E-state index contributed by atoms with van der Waals surface area (Å²) in [5, 5.41) is 4.39. The molecule has 69 valence electrons. The van der Waals surface area contributed by atoms with E-state index in [0.29, 0.717) is 6.04 Å². The van der Waals surface area contributed by atoms with Gasteiger partial charge in [0.05, 0.1) is 6.04 Å². The molecular formula is C11H10N3. The fraction of sp³-hybridized carbons (Fsp3) is 0.273. The molecule has 1 aromatic carbocycles. The van der Waals surface area contributed by atoms with Crippen LogP contribution in [0.4, 0.5) is 0 Å². The highest BCUT2D eigenvalue weighted by Gasteiger charge is 2.25. The van der Waals surface area contributed by atoms with Gasteiger partial charge in [-0.2, -0.15) is 5.10 Å². The summed E-state index contributed by atoms with van der Waals surface area (Å²) in [5.41, 5.74) is 1.06. The Bertz CT molecular complexity index is 429. The average Bonchev–Trinajstić information content (AvgIpc) is 2.98. The van der Waals surface area contributed by atoms with Crippen LogP contribution in [0.3, 0.4) is 0 Å². The van der Waals surface area contributed by atoms with Crippen molar-refractivity contribution in [2.45, 2.75) is 18.9 Å². The van der Waals surface area contributed by atoms with Crippen LogP contribution in [0.25, 0.3) is 11.4 Å². The fourth-order valence-electron chi connectivity index (χ4n) is 1.44. The van der Waals surface area contributed by atoms with Crippen molar-refractivity contribution in [3.63, 3.8) is 0 Å². The van der Waals surface area contributed by atoms with Crippen LogP contribution in [-0.4, -0.2) is 14.8 Å². The van der Waals surface area contributed by atoms with Gasteiger partial charge in [0.2, 0.25) is 0 Å². The highest BCUT2D eigenvalue weighted by molar-refractivity contribution is 5.53. The van der Waals surface area contributed by atoms with Crippen LogP contribution in [0.5, 0.6) is 0 Å². The van der Waals surface area contributed by atoms with Gasteiger partial charge < -0.3 is 0 Å². The van der Waals surface area contributed by atoms with Gasteiger partial charge in [-0.05, 0) is 12.8 Å². The molecule has 3 rings (SSSR count). The number of benzene rings is 1. The Labute approximate surface area is 82.4 Å². The SMILES string of the molecule is [c]1nc(-c2ccccc2)nn1C1CC1. The van der Waals surface area contributed by atoms with Crippen molar-refractivity contribution >= 4 is 0 Å². The summed E-state index contributed by atoms with van der Waals surface area (Å²) < 4.78 is 1.85. The van der Waals surface area contributed by atoms with E-state index in [9.17, 15) is 0 Å². The van der Waals surface area contributed by atoms with Crippen LogP contribution in [-0.2, 0) is 0 Å². The summed E-state index contributed by atoms with van der Waals surface area (Å²) in [7, 11) is 0. The lowest BCUT2D eigenvalue weighted by atomic mass is 10.2. The molecule has 1 radical (unpaired) electrons. The van der Waals surface area contributed by atoms with Gasteiger partial charge in [-0.15, -0.1) is 0 Å². The van der Waals surface area contributed by atoms with Crippen LogP contribution >= 0.6 is 0 Å². The van der Waals surface area contributed by atoms with Crippen LogP contribution in [0.15, 0.2) is 30.3 Å². The van der Waals surface area contributed by atoms with Crippen molar-refractivity contribution in [1.29, 1.82) is 0 Å². The van der Waals surface area contributed by atoms with Gasteiger partial charge in [0.1, 0.15) is 0 Å². The van der Waals surface area contributed by atoms with E-state index >= 15 is 0 Å². The molecule has 3 heteroatoms. The number of hydrogen-bond donors (Lipinski definition) is 0. The van der Waals surface area contributed by atoms with E-state index in [1.165, 1.54) is 12.8 Å². The Kier molecular flexibility index (Phi) is 1.63. The van der Waals surface area contributed by atoms with Gasteiger partial charge in [-0.25, -0.2) is 9.67 Å². The highest BCUT2D eigenvalue weighted by Crippen LogP contribution is 2.33. The number of hydrogen-bond acceptors (Lipinski definition) is 2. The summed E-state index contributed by atoms with van der Waals surface area (Å²) in [4.78, 5) is 4.17. The first-order valence-electron chi connectivity index (χ1n) is 4.83. The lowest BCUT2D eigenvalue weighted by Gasteiger charge is -1.94. The Morgan fingerprint density at radius 2 is 2.00 bits per heavy atom. The van der Waals surface area contributed by atoms with Crippen molar-refractivity contribution in [2.24, 2.45) is 0 Å². The van der Waals surface area contributed by atoms with Crippen molar-refractivity contribution in [3.8, 4) is 11.4 Å². The summed E-state index contributed by atoms with van der Waals surface area (Å²) in [5.74, 6) is 0.775. The van der Waals surface area contributed by atoms with E-state index in [1.54, 1.807) is 0 Å². The second-order valence-electron chi connectivity index (χ2n) is 3.58. The highest BCUT2D eigenvalue weighted by atomic mass is 15.4. The monoisotopic (exact) mass is 184 g/mol. The predicted octanol–water partition coefficient (Wildman–Crippen LogP) is 2.08. The Morgan fingerprint density at radius 1 is 1.21 bits per heavy atom. The minimum Gasteiger partial charge on any atom is -0.239 e. The first-order chi connectivity index (χ1) is 6.93. The van der Waals surface area contributed by atoms with Gasteiger partial charge in [-0.1, -0.05) is 30.3 Å². The molecule has 0 spiro atoms. The zero-order valence-electron chi connectivity index (χ0n) is 7.72. The smallest absolute Gasteiger partial charge is 0.196 e. The maximum atomic E-state index is 4.39. The molecule has 0 atom stereocenters. The molecule has 2 aromatic rings. The number of rotatable bonds is 2. The lowest BCUT2D eigenvalue weighted by Crippen LogP contribution is -1.94. The van der Waals surface area contributed by atoms with Crippen LogP contribution in [0, 0.1) is 6.33 Å². The first-order valence-corrected chi connectivity index (χ1v) is 4.83. The topological polar surface area (TPSA) is 30.7 Å². The van der Waals surface area contributed by atoms with Crippen molar-refractivity contribution in [3.05, 3.63) is 36.7 Å². The van der Waals surface area contributed by atoms with E-state index in [2.05, 4.69) is 16.4 Å². The molecule has 1 aliphatic carbocycles. The maximum Gasteiger partial charge on any atom is 0.196 e. The molecule has 0 bridgehead atoms. The molecule has 0 N–H and O–H groups in total. The molecule has 1 heterocycles. The van der Waals surface area contributed by atoms with Gasteiger partial charge in [0, 0.05) is 5.56 Å². The Hall–Kier alpha value is -1.64. The zero-order chi connectivity index (χ0) is 9.38. The minimum absolute atomic E-state index is 0.556. The van der Waals surface area contributed by atoms with Crippen LogP contribution in [0.1, 0.15) is 18.9 Å². The molecule has 1 aromatic heterocycles. The van der Waals surface area contributed by atoms with E-state index in [4.69, 9.17) is 0 Å². The third-order valence-electron chi connectivity index (χ3n) is 2.39. The van der Waals surface area contributed by atoms with Crippen LogP contribution < -0.4 is 0 Å². The minimum atomic E-state index is 0.556. The Morgan fingerprint density at radius 3 is 2.71 bits per heavy atom. The van der Waals surface area contributed by atoms with Gasteiger partial charge in [-0.3, -0.25) is 0 Å². The molecule has 0 amide bonds. The molecule has 3 nitrogen and oxygen atoms in total. The normalized spacial score (nSPS) is 15.7. The van der Waals surface area contributed by atoms with Crippen molar-refractivity contribution in [2.75, 3.05) is 0 Å². The number of aromatic nitrogens is 3. The third kappa shape index (κ3) is 1.31.